The molecule has 0 aromatic carbocycles. The summed E-state index contributed by atoms with van der Waals surface area (Å²) in [6, 6.07) is 3.51. The Morgan fingerprint density at radius 3 is 2.62 bits per heavy atom. The van der Waals surface area contributed by atoms with Crippen LogP contribution in [0.2, 0.25) is 0 Å². The molecule has 1 aliphatic carbocycles. The highest BCUT2D eigenvalue weighted by Crippen LogP contribution is 2.53. The Balaban J connectivity index is 1.90. The first-order chi connectivity index (χ1) is 11.2. The van der Waals surface area contributed by atoms with Gasteiger partial charge in [0.15, 0.2) is 0 Å². The molecule has 1 heterocycles. The molecule has 24 heavy (non-hydrogen) atoms. The molecule has 1 saturated carbocycles. The standard InChI is InChI=1S/C16H23F3N2O2S/c1-21(2)9-6-12(13-5-3-10-24-13)20-14(22)23-11-15(7-4-8-15)16(17,18)19/h3,5,10,12H,4,6-9,11H2,1-2H3,(H,20,22)/t12-/m1/s1. The zero-order valence-corrected chi connectivity index (χ0v) is 14.7. The number of thiophene rings is 1. The number of alkyl halides is 3. The fraction of sp³-hybridized carbons (Fsp3) is 0.688. The maximum absolute atomic E-state index is 13.1. The van der Waals surface area contributed by atoms with Crippen molar-refractivity contribution < 1.29 is 22.7 Å². The lowest BCUT2D eigenvalue weighted by atomic mass is 9.69. The summed E-state index contributed by atoms with van der Waals surface area (Å²) in [4.78, 5) is 14.9. The quantitative estimate of drug-likeness (QED) is 0.788. The number of carbonyl (C=O) groups excluding carboxylic acids is 1. The first kappa shape index (κ1) is 19.1. The summed E-state index contributed by atoms with van der Waals surface area (Å²) in [7, 11) is 3.85. The number of ether oxygens (including phenoxy) is 1. The van der Waals surface area contributed by atoms with Crippen molar-refractivity contribution in [1.82, 2.24) is 10.2 Å². The second kappa shape index (κ2) is 7.74. The van der Waals surface area contributed by atoms with Crippen molar-refractivity contribution in [3.05, 3.63) is 22.4 Å². The van der Waals surface area contributed by atoms with E-state index in [0.29, 0.717) is 12.8 Å². The number of halogens is 3. The van der Waals surface area contributed by atoms with Crippen LogP contribution in [0.1, 0.15) is 36.6 Å². The fourth-order valence-electron chi connectivity index (χ4n) is 2.66. The predicted octanol–water partition coefficient (Wildman–Crippen LogP) is 4.20. The molecule has 1 amide bonds. The van der Waals surface area contributed by atoms with Gasteiger partial charge in [0.25, 0.3) is 0 Å². The minimum Gasteiger partial charge on any atom is -0.449 e. The van der Waals surface area contributed by atoms with Crippen LogP contribution in [-0.2, 0) is 4.74 Å². The van der Waals surface area contributed by atoms with E-state index in [-0.39, 0.29) is 18.9 Å². The van der Waals surface area contributed by atoms with Gasteiger partial charge in [0.1, 0.15) is 12.0 Å². The fourth-order valence-corrected chi connectivity index (χ4v) is 3.48. The van der Waals surface area contributed by atoms with Gasteiger partial charge >= 0.3 is 12.3 Å². The third-order valence-corrected chi connectivity index (χ3v) is 5.42. The van der Waals surface area contributed by atoms with E-state index in [9.17, 15) is 18.0 Å². The zero-order chi connectivity index (χ0) is 17.8. The lowest BCUT2D eigenvalue weighted by Crippen LogP contribution is -2.48. The van der Waals surface area contributed by atoms with Crippen LogP contribution < -0.4 is 5.32 Å². The van der Waals surface area contributed by atoms with Gasteiger partial charge in [-0.15, -0.1) is 11.3 Å². The lowest BCUT2D eigenvalue weighted by Gasteiger charge is -2.42. The summed E-state index contributed by atoms with van der Waals surface area (Å²) < 4.78 is 44.2. The summed E-state index contributed by atoms with van der Waals surface area (Å²) >= 11 is 1.50. The third-order valence-electron chi connectivity index (χ3n) is 4.44. The maximum Gasteiger partial charge on any atom is 0.407 e. The van der Waals surface area contributed by atoms with E-state index in [0.717, 1.165) is 11.4 Å². The van der Waals surface area contributed by atoms with Crippen LogP contribution in [0.5, 0.6) is 0 Å². The van der Waals surface area contributed by atoms with Gasteiger partial charge in [-0.25, -0.2) is 4.79 Å². The van der Waals surface area contributed by atoms with E-state index >= 15 is 0 Å². The molecule has 1 aliphatic rings. The van der Waals surface area contributed by atoms with Crippen molar-refractivity contribution in [3.63, 3.8) is 0 Å². The molecule has 136 valence electrons. The molecule has 1 atom stereocenters. The SMILES string of the molecule is CN(C)CC[C@@H](NC(=O)OCC1(C(F)(F)F)CCC1)c1cccs1. The Labute approximate surface area is 144 Å². The third kappa shape index (κ3) is 4.63. The van der Waals surface area contributed by atoms with Gasteiger partial charge in [-0.05, 0) is 51.3 Å². The smallest absolute Gasteiger partial charge is 0.407 e. The lowest BCUT2D eigenvalue weighted by molar-refractivity contribution is -0.261. The van der Waals surface area contributed by atoms with Gasteiger partial charge in [0.2, 0.25) is 0 Å². The van der Waals surface area contributed by atoms with Gasteiger partial charge in [0, 0.05) is 4.88 Å². The van der Waals surface area contributed by atoms with E-state index in [4.69, 9.17) is 4.74 Å². The summed E-state index contributed by atoms with van der Waals surface area (Å²) in [5.41, 5.74) is -1.85. The second-order valence-corrected chi connectivity index (χ2v) is 7.49. The van der Waals surface area contributed by atoms with Crippen LogP contribution in [-0.4, -0.2) is 44.4 Å². The molecular formula is C16H23F3N2O2S. The number of nitrogens with one attached hydrogen (secondary N) is 1. The number of hydrogen-bond acceptors (Lipinski definition) is 4. The molecular weight excluding hydrogens is 341 g/mol. The van der Waals surface area contributed by atoms with Gasteiger partial charge in [0.05, 0.1) is 6.04 Å². The van der Waals surface area contributed by atoms with Crippen molar-refractivity contribution in [2.75, 3.05) is 27.2 Å². The molecule has 1 N–H and O–H groups in total. The molecule has 0 aliphatic heterocycles. The molecule has 1 aromatic heterocycles. The Hall–Kier alpha value is -1.28. The van der Waals surface area contributed by atoms with Gasteiger partial charge in [-0.3, -0.25) is 0 Å². The van der Waals surface area contributed by atoms with Crippen LogP contribution in [0.25, 0.3) is 0 Å². The highest BCUT2D eigenvalue weighted by atomic mass is 32.1. The molecule has 2 rings (SSSR count). The molecule has 1 aromatic rings. The van der Waals surface area contributed by atoms with E-state index in [2.05, 4.69) is 5.32 Å². The van der Waals surface area contributed by atoms with Gasteiger partial charge in [-0.1, -0.05) is 12.5 Å². The second-order valence-electron chi connectivity index (χ2n) is 6.51. The van der Waals surface area contributed by atoms with Crippen molar-refractivity contribution in [1.29, 1.82) is 0 Å². The van der Waals surface area contributed by atoms with Crippen LogP contribution in [0.3, 0.4) is 0 Å². The molecule has 0 saturated heterocycles. The van der Waals surface area contributed by atoms with Crippen LogP contribution in [0.15, 0.2) is 17.5 Å². The highest BCUT2D eigenvalue weighted by molar-refractivity contribution is 7.10. The van der Waals surface area contributed by atoms with Gasteiger partial charge < -0.3 is 15.0 Å². The van der Waals surface area contributed by atoms with Crippen LogP contribution >= 0.6 is 11.3 Å². The summed E-state index contributed by atoms with van der Waals surface area (Å²) in [6.07, 6.45) is -3.89. The summed E-state index contributed by atoms with van der Waals surface area (Å²) in [5, 5.41) is 4.60. The number of nitrogens with zero attached hydrogens (tertiary/aromatic N) is 1. The number of rotatable bonds is 7. The number of alkyl carbamates (subject to hydrolysis) is 1. The van der Waals surface area contributed by atoms with Crippen molar-refractivity contribution in [2.24, 2.45) is 5.41 Å². The Bertz CT molecular complexity index is 528. The van der Waals surface area contributed by atoms with E-state index in [1.165, 1.54) is 11.3 Å². The Morgan fingerprint density at radius 2 is 2.17 bits per heavy atom. The number of carbonyl (C=O) groups is 1. The summed E-state index contributed by atoms with van der Waals surface area (Å²) in [6.45, 7) is 0.141. The zero-order valence-electron chi connectivity index (χ0n) is 13.9. The molecule has 0 radical (unpaired) electrons. The summed E-state index contributed by atoms with van der Waals surface area (Å²) in [5.74, 6) is 0. The molecule has 0 bridgehead atoms. The van der Waals surface area contributed by atoms with Crippen LogP contribution in [0, 0.1) is 5.41 Å². The molecule has 1 fully saturated rings. The van der Waals surface area contributed by atoms with E-state index in [1.54, 1.807) is 0 Å². The average Bonchev–Trinajstić information content (AvgIpc) is 2.94. The Kier molecular flexibility index (Phi) is 6.14. The minimum atomic E-state index is -4.33. The van der Waals surface area contributed by atoms with Crippen molar-refractivity contribution in [2.45, 2.75) is 37.9 Å². The maximum atomic E-state index is 13.1. The molecule has 0 spiro atoms. The van der Waals surface area contributed by atoms with E-state index in [1.807, 2.05) is 36.5 Å². The molecule has 4 nitrogen and oxygen atoms in total. The molecule has 8 heteroatoms. The van der Waals surface area contributed by atoms with Gasteiger partial charge in [-0.2, -0.15) is 13.2 Å². The monoisotopic (exact) mass is 364 g/mol. The van der Waals surface area contributed by atoms with E-state index < -0.39 is 24.3 Å². The largest absolute Gasteiger partial charge is 0.449 e. The van der Waals surface area contributed by atoms with Crippen LogP contribution in [0.4, 0.5) is 18.0 Å². The first-order valence-electron chi connectivity index (χ1n) is 7.92. The topological polar surface area (TPSA) is 41.6 Å². The number of hydrogen-bond donors (Lipinski definition) is 1. The minimum absolute atomic E-state index is 0.0266. The average molecular weight is 364 g/mol. The first-order valence-corrected chi connectivity index (χ1v) is 8.80. The number of amides is 1. The Morgan fingerprint density at radius 1 is 1.46 bits per heavy atom. The molecule has 0 unspecified atom stereocenters. The highest BCUT2D eigenvalue weighted by Gasteiger charge is 2.59. The van der Waals surface area contributed by atoms with Crippen molar-refractivity contribution in [3.8, 4) is 0 Å². The van der Waals surface area contributed by atoms with Crippen molar-refractivity contribution >= 4 is 17.4 Å². The normalized spacial score (nSPS) is 18.1. The predicted molar refractivity (Wildman–Crippen MR) is 87.1 cm³/mol.